The molecule has 144 valence electrons. The van der Waals surface area contributed by atoms with Gasteiger partial charge in [0.25, 0.3) is 0 Å². The second kappa shape index (κ2) is 7.50. The quantitative estimate of drug-likeness (QED) is 0.473. The summed E-state index contributed by atoms with van der Waals surface area (Å²) >= 11 is 0. The van der Waals surface area contributed by atoms with Crippen LogP contribution in [-0.4, -0.2) is 25.0 Å². The molecule has 2 aromatic carbocycles. The Kier molecular flexibility index (Phi) is 4.90. The molecule has 0 radical (unpaired) electrons. The van der Waals surface area contributed by atoms with E-state index in [9.17, 15) is 9.59 Å². The Morgan fingerprint density at radius 2 is 1.93 bits per heavy atom. The number of ether oxygens (including phenoxy) is 2. The number of Topliss-reactive ketones (excluding diaryl/α,β-unsaturated/α-hetero) is 1. The first-order valence-electron chi connectivity index (χ1n) is 9.45. The van der Waals surface area contributed by atoms with E-state index >= 15 is 0 Å². The molecule has 5 nitrogen and oxygen atoms in total. The van der Waals surface area contributed by atoms with Crippen molar-refractivity contribution >= 4 is 22.7 Å². The van der Waals surface area contributed by atoms with Crippen molar-refractivity contribution < 1.29 is 23.5 Å². The molecule has 0 aliphatic heterocycles. The summed E-state index contributed by atoms with van der Waals surface area (Å²) in [6.45, 7) is 1.62. The first-order valence-corrected chi connectivity index (χ1v) is 9.45. The van der Waals surface area contributed by atoms with Crippen molar-refractivity contribution in [2.24, 2.45) is 0 Å². The normalized spacial score (nSPS) is 13.9. The van der Waals surface area contributed by atoms with E-state index in [0.29, 0.717) is 16.9 Å². The number of aryl methyl sites for hydroxylation is 2. The fraction of sp³-hybridized carbons (Fsp3) is 0.304. The van der Waals surface area contributed by atoms with Gasteiger partial charge in [-0.05, 0) is 55.5 Å². The van der Waals surface area contributed by atoms with E-state index < -0.39 is 12.1 Å². The number of rotatable bonds is 6. The fourth-order valence-corrected chi connectivity index (χ4v) is 3.74. The van der Waals surface area contributed by atoms with Gasteiger partial charge in [-0.15, -0.1) is 0 Å². The van der Waals surface area contributed by atoms with Crippen LogP contribution in [0.2, 0.25) is 0 Å². The molecule has 0 saturated heterocycles. The average Bonchev–Trinajstić information content (AvgIpc) is 3.33. The second-order valence-corrected chi connectivity index (χ2v) is 7.13. The number of benzene rings is 2. The Morgan fingerprint density at radius 1 is 1.11 bits per heavy atom. The summed E-state index contributed by atoms with van der Waals surface area (Å²) < 4.78 is 16.1. The predicted molar refractivity (Wildman–Crippen MR) is 105 cm³/mol. The predicted octanol–water partition coefficient (Wildman–Crippen LogP) is 4.29. The molecule has 1 aliphatic carbocycles. The maximum absolute atomic E-state index is 12.7. The number of hydrogen-bond donors (Lipinski definition) is 0. The van der Waals surface area contributed by atoms with Crippen LogP contribution in [0.5, 0.6) is 5.75 Å². The number of ketones is 1. The van der Waals surface area contributed by atoms with Crippen molar-refractivity contribution in [3.8, 4) is 5.75 Å². The lowest BCUT2D eigenvalue weighted by Gasteiger charge is -2.13. The molecule has 3 aromatic rings. The Hall–Kier alpha value is -3.08. The third-order valence-electron chi connectivity index (χ3n) is 5.26. The van der Waals surface area contributed by atoms with Crippen molar-refractivity contribution in [1.29, 1.82) is 0 Å². The minimum atomic E-state index is -0.829. The van der Waals surface area contributed by atoms with Crippen LogP contribution in [0.15, 0.2) is 47.1 Å². The maximum atomic E-state index is 12.7. The fourth-order valence-electron chi connectivity index (χ4n) is 3.74. The number of carbonyl (C=O) groups is 2. The molecule has 0 amide bonds. The summed E-state index contributed by atoms with van der Waals surface area (Å²) in [5.41, 5.74) is 4.50. The standard InChI is InChI=1S/C23H22O5/c1-14(23(25)17-7-6-15-4-3-5-16(15)10-17)28-22(24)11-18-13-27-21-12-19(26-2)8-9-20(18)21/h6-10,12-14H,3-5,11H2,1-2H3. The summed E-state index contributed by atoms with van der Waals surface area (Å²) in [5.74, 6) is 0.0508. The van der Waals surface area contributed by atoms with Gasteiger partial charge in [-0.1, -0.05) is 12.1 Å². The van der Waals surface area contributed by atoms with Gasteiger partial charge in [0.1, 0.15) is 11.3 Å². The molecule has 5 heteroatoms. The van der Waals surface area contributed by atoms with Crippen LogP contribution in [0.3, 0.4) is 0 Å². The molecule has 28 heavy (non-hydrogen) atoms. The van der Waals surface area contributed by atoms with Crippen molar-refractivity contribution in [2.75, 3.05) is 7.11 Å². The molecule has 0 fully saturated rings. The molecule has 1 aromatic heterocycles. The second-order valence-electron chi connectivity index (χ2n) is 7.13. The van der Waals surface area contributed by atoms with Crippen LogP contribution in [0.1, 0.15) is 40.4 Å². The van der Waals surface area contributed by atoms with E-state index in [1.807, 2.05) is 30.3 Å². The first kappa shape index (κ1) is 18.3. The molecule has 1 aliphatic rings. The van der Waals surface area contributed by atoms with Gasteiger partial charge in [0.05, 0.1) is 19.8 Å². The van der Waals surface area contributed by atoms with E-state index in [1.54, 1.807) is 26.4 Å². The number of furan rings is 1. The van der Waals surface area contributed by atoms with Gasteiger partial charge >= 0.3 is 5.97 Å². The molecular formula is C23H22O5. The summed E-state index contributed by atoms with van der Waals surface area (Å²) in [5, 5.41) is 0.829. The van der Waals surface area contributed by atoms with E-state index in [-0.39, 0.29) is 12.2 Å². The average molecular weight is 378 g/mol. The summed E-state index contributed by atoms with van der Waals surface area (Å²) in [4.78, 5) is 25.0. The van der Waals surface area contributed by atoms with Crippen molar-refractivity contribution in [1.82, 2.24) is 0 Å². The van der Waals surface area contributed by atoms with Crippen molar-refractivity contribution in [3.05, 3.63) is 64.9 Å². The van der Waals surface area contributed by atoms with E-state index in [2.05, 4.69) is 0 Å². The largest absolute Gasteiger partial charge is 0.497 e. The van der Waals surface area contributed by atoms with Crippen LogP contribution in [0.25, 0.3) is 11.0 Å². The van der Waals surface area contributed by atoms with Gasteiger partial charge in [-0.3, -0.25) is 9.59 Å². The molecule has 1 unspecified atom stereocenters. The molecule has 0 N–H and O–H groups in total. The van der Waals surface area contributed by atoms with E-state index in [0.717, 1.165) is 30.2 Å². The smallest absolute Gasteiger partial charge is 0.311 e. The molecule has 0 bridgehead atoms. The number of fused-ring (bicyclic) bond motifs is 2. The topological polar surface area (TPSA) is 65.7 Å². The summed E-state index contributed by atoms with van der Waals surface area (Å²) in [6.07, 6.45) is 3.95. The third kappa shape index (κ3) is 3.52. The number of carbonyl (C=O) groups excluding carboxylic acids is 2. The number of hydrogen-bond acceptors (Lipinski definition) is 5. The van der Waals surface area contributed by atoms with Gasteiger partial charge in [0, 0.05) is 22.6 Å². The zero-order valence-corrected chi connectivity index (χ0v) is 16.0. The van der Waals surface area contributed by atoms with Crippen LogP contribution in [0, 0.1) is 0 Å². The zero-order chi connectivity index (χ0) is 19.7. The minimum Gasteiger partial charge on any atom is -0.497 e. The van der Waals surface area contributed by atoms with Gasteiger partial charge in [-0.25, -0.2) is 0 Å². The Bertz CT molecular complexity index is 1050. The van der Waals surface area contributed by atoms with E-state index in [4.69, 9.17) is 13.9 Å². The molecule has 1 atom stereocenters. The van der Waals surface area contributed by atoms with Gasteiger partial charge in [-0.2, -0.15) is 0 Å². The number of esters is 1. The zero-order valence-electron chi connectivity index (χ0n) is 16.0. The molecule has 1 heterocycles. The van der Waals surface area contributed by atoms with Crippen LogP contribution < -0.4 is 4.74 Å². The van der Waals surface area contributed by atoms with Crippen molar-refractivity contribution in [2.45, 2.75) is 38.7 Å². The molecular weight excluding hydrogens is 356 g/mol. The molecule has 0 saturated carbocycles. The highest BCUT2D eigenvalue weighted by Crippen LogP contribution is 2.26. The van der Waals surface area contributed by atoms with Gasteiger partial charge < -0.3 is 13.9 Å². The third-order valence-corrected chi connectivity index (χ3v) is 5.26. The van der Waals surface area contributed by atoms with Crippen molar-refractivity contribution in [3.63, 3.8) is 0 Å². The highest BCUT2D eigenvalue weighted by Gasteiger charge is 2.22. The lowest BCUT2D eigenvalue weighted by atomic mass is 10.0. The lowest BCUT2D eigenvalue weighted by molar-refractivity contribution is -0.145. The summed E-state index contributed by atoms with van der Waals surface area (Å²) in [6, 6.07) is 11.2. The van der Waals surface area contributed by atoms with Crippen LogP contribution in [0.4, 0.5) is 0 Å². The monoisotopic (exact) mass is 378 g/mol. The highest BCUT2D eigenvalue weighted by atomic mass is 16.5. The minimum absolute atomic E-state index is 0.0428. The maximum Gasteiger partial charge on any atom is 0.311 e. The number of methoxy groups -OCH3 is 1. The Morgan fingerprint density at radius 3 is 2.75 bits per heavy atom. The van der Waals surface area contributed by atoms with E-state index in [1.165, 1.54) is 11.1 Å². The first-order chi connectivity index (χ1) is 13.5. The van der Waals surface area contributed by atoms with Crippen LogP contribution >= 0.6 is 0 Å². The van der Waals surface area contributed by atoms with Crippen LogP contribution in [-0.2, 0) is 28.8 Å². The van der Waals surface area contributed by atoms with Gasteiger partial charge in [0.15, 0.2) is 6.10 Å². The Labute approximate surface area is 163 Å². The highest BCUT2D eigenvalue weighted by molar-refractivity contribution is 6.00. The molecule has 0 spiro atoms. The lowest BCUT2D eigenvalue weighted by Crippen LogP contribution is -2.25. The SMILES string of the molecule is COc1ccc2c(CC(=O)OC(C)C(=O)c3ccc4c(c3)CCC4)coc2c1. The van der Waals surface area contributed by atoms with Gasteiger partial charge in [0.2, 0.25) is 5.78 Å². The summed E-state index contributed by atoms with van der Waals surface area (Å²) in [7, 11) is 1.59. The Balaban J connectivity index is 1.42. The molecule has 4 rings (SSSR count).